The molecular weight excluding hydrogens is 568 g/mol. The van der Waals surface area contributed by atoms with Gasteiger partial charge in [-0.05, 0) is 68.5 Å². The van der Waals surface area contributed by atoms with Crippen molar-refractivity contribution in [1.82, 2.24) is 25.2 Å². The number of carbonyl (C=O) groups is 3. The van der Waals surface area contributed by atoms with E-state index in [9.17, 15) is 19.5 Å². The number of aromatic nitrogens is 3. The van der Waals surface area contributed by atoms with Gasteiger partial charge in [0.05, 0.1) is 41.4 Å². The Morgan fingerprint density at radius 1 is 1.16 bits per heavy atom. The summed E-state index contributed by atoms with van der Waals surface area (Å²) in [6.07, 6.45) is 1.92. The van der Waals surface area contributed by atoms with Crippen molar-refractivity contribution in [2.24, 2.45) is 17.8 Å². The number of aliphatic hydroxyl groups is 1. The largest absolute Gasteiger partial charge is 0.494 e. The zero-order chi connectivity index (χ0) is 30.3. The Kier molecular flexibility index (Phi) is 8.08. The van der Waals surface area contributed by atoms with Crippen LogP contribution in [0.2, 0.25) is 0 Å². The zero-order valence-electron chi connectivity index (χ0n) is 24.6. The molecule has 228 valence electrons. The van der Waals surface area contributed by atoms with E-state index in [4.69, 9.17) is 4.74 Å². The number of anilines is 1. The number of nitrogens with one attached hydrogen (secondary N) is 2. The number of fused-ring (bicyclic) bond motifs is 2. The molecule has 3 aliphatic heterocycles. The molecule has 3 aromatic rings. The first-order chi connectivity index (χ1) is 20.8. The zero-order valence-corrected chi connectivity index (χ0v) is 25.4. The second-order valence-electron chi connectivity index (χ2n) is 12.0. The average molecular weight is 607 g/mol. The number of para-hydroxylation sites is 1. The van der Waals surface area contributed by atoms with Gasteiger partial charge in [-0.1, -0.05) is 31.2 Å². The number of nitrogens with zero attached hydrogens (tertiary/aromatic N) is 4. The van der Waals surface area contributed by atoms with Gasteiger partial charge >= 0.3 is 0 Å². The number of carbonyl (C=O) groups excluding carboxylic acids is 3. The number of likely N-dealkylation sites (tertiary alicyclic amines) is 1. The third-order valence-electron chi connectivity index (χ3n) is 8.89. The summed E-state index contributed by atoms with van der Waals surface area (Å²) < 4.78 is 6.37. The molecule has 1 aromatic heterocycles. The first-order valence-corrected chi connectivity index (χ1v) is 15.9. The van der Waals surface area contributed by atoms with E-state index in [-0.39, 0.29) is 42.2 Å². The minimum atomic E-state index is -0.825. The quantitative estimate of drug-likeness (QED) is 0.303. The van der Waals surface area contributed by atoms with Gasteiger partial charge in [0.2, 0.25) is 17.7 Å². The maximum atomic E-state index is 14.4. The molecule has 12 heteroatoms. The van der Waals surface area contributed by atoms with Crippen LogP contribution >= 0.6 is 11.8 Å². The molecule has 3 fully saturated rings. The summed E-state index contributed by atoms with van der Waals surface area (Å²) in [5.74, 6) is -1.11. The standard InChI is InChI=1S/C31H38N6O5S/c1-4-42-21-11-9-19(10-12-21)33-28(39)25-24-13-14-31(43-24)26(25)30(41)37(20(16-38)15-18(2)3)27(31)29(40)32-17-36-23-8-6-5-7-22(23)34-35-36/h5-12,18,20,24-27,38H,4,13-17H2,1-3H3,(H,32,40)(H,33,39)/t20-,24-,25+,26+,27?,31?/m1/s1. The monoisotopic (exact) mass is 606 g/mol. The van der Waals surface area contributed by atoms with Crippen LogP contribution in [0.5, 0.6) is 5.75 Å². The lowest BCUT2D eigenvalue weighted by molar-refractivity contribution is -0.142. The molecule has 1 spiro atoms. The predicted octanol–water partition coefficient (Wildman–Crippen LogP) is 3.04. The number of benzene rings is 2. The lowest BCUT2D eigenvalue weighted by atomic mass is 9.70. The van der Waals surface area contributed by atoms with Crippen LogP contribution in [-0.4, -0.2) is 78.0 Å². The van der Waals surface area contributed by atoms with Gasteiger partial charge in [-0.25, -0.2) is 4.68 Å². The lowest BCUT2D eigenvalue weighted by Crippen LogP contribution is -2.56. The first kappa shape index (κ1) is 29.4. The normalized spacial score (nSPS) is 26.6. The molecule has 11 nitrogen and oxygen atoms in total. The molecule has 6 atom stereocenters. The smallest absolute Gasteiger partial charge is 0.245 e. The summed E-state index contributed by atoms with van der Waals surface area (Å²) in [5.41, 5.74) is 2.13. The summed E-state index contributed by atoms with van der Waals surface area (Å²) in [7, 11) is 0. The van der Waals surface area contributed by atoms with E-state index < -0.39 is 28.7 Å². The van der Waals surface area contributed by atoms with Crippen molar-refractivity contribution in [1.29, 1.82) is 0 Å². The van der Waals surface area contributed by atoms with Crippen LogP contribution in [0.4, 0.5) is 5.69 Å². The average Bonchev–Trinajstić information content (AvgIpc) is 3.75. The van der Waals surface area contributed by atoms with Crippen molar-refractivity contribution in [2.45, 2.75) is 68.8 Å². The highest BCUT2D eigenvalue weighted by atomic mass is 32.2. The molecule has 4 heterocycles. The number of ether oxygens (including phenoxy) is 1. The predicted molar refractivity (Wildman–Crippen MR) is 163 cm³/mol. The van der Waals surface area contributed by atoms with Crippen LogP contribution in [0.25, 0.3) is 11.0 Å². The van der Waals surface area contributed by atoms with Crippen LogP contribution < -0.4 is 15.4 Å². The number of thioether (sulfide) groups is 1. The van der Waals surface area contributed by atoms with Gasteiger partial charge < -0.3 is 25.4 Å². The van der Waals surface area contributed by atoms with Gasteiger partial charge in [0.25, 0.3) is 0 Å². The number of amides is 3. The van der Waals surface area contributed by atoms with Gasteiger partial charge in [-0.3, -0.25) is 14.4 Å². The highest BCUT2D eigenvalue weighted by Crippen LogP contribution is 2.66. The van der Waals surface area contributed by atoms with Crippen LogP contribution in [0.15, 0.2) is 48.5 Å². The van der Waals surface area contributed by atoms with Crippen molar-refractivity contribution < 1.29 is 24.2 Å². The molecule has 3 saturated heterocycles. The highest BCUT2D eigenvalue weighted by molar-refractivity contribution is 8.02. The molecule has 3 N–H and O–H groups in total. The fourth-order valence-corrected chi connectivity index (χ4v) is 9.42. The van der Waals surface area contributed by atoms with E-state index in [1.165, 1.54) is 0 Å². The third-order valence-corrected chi connectivity index (χ3v) is 10.8. The molecule has 0 radical (unpaired) electrons. The van der Waals surface area contributed by atoms with E-state index in [1.54, 1.807) is 45.6 Å². The van der Waals surface area contributed by atoms with Crippen LogP contribution in [0.1, 0.15) is 40.0 Å². The second kappa shape index (κ2) is 11.8. The number of rotatable bonds is 11. The topological polar surface area (TPSA) is 139 Å². The Balaban J connectivity index is 1.29. The minimum absolute atomic E-state index is 0.0777. The summed E-state index contributed by atoms with van der Waals surface area (Å²) in [6, 6.07) is 13.3. The maximum Gasteiger partial charge on any atom is 0.245 e. The van der Waals surface area contributed by atoms with Crippen molar-refractivity contribution in [2.75, 3.05) is 18.5 Å². The summed E-state index contributed by atoms with van der Waals surface area (Å²) in [5, 5.41) is 24.8. The van der Waals surface area contributed by atoms with E-state index in [0.717, 1.165) is 17.5 Å². The second-order valence-corrected chi connectivity index (χ2v) is 13.6. The number of hydrogen-bond acceptors (Lipinski definition) is 8. The Hall–Kier alpha value is -3.64. The molecule has 2 aromatic carbocycles. The number of hydrogen-bond donors (Lipinski definition) is 3. The molecule has 2 bridgehead atoms. The lowest BCUT2D eigenvalue weighted by Gasteiger charge is -2.37. The molecule has 3 aliphatic rings. The highest BCUT2D eigenvalue weighted by Gasteiger charge is 2.74. The number of aliphatic hydroxyl groups excluding tert-OH is 1. The van der Waals surface area contributed by atoms with Crippen LogP contribution in [0, 0.1) is 17.8 Å². The van der Waals surface area contributed by atoms with Crippen molar-refractivity contribution in [3.8, 4) is 5.75 Å². The van der Waals surface area contributed by atoms with Crippen molar-refractivity contribution in [3.63, 3.8) is 0 Å². The molecule has 0 aliphatic carbocycles. The fourth-order valence-electron chi connectivity index (χ4n) is 7.21. The first-order valence-electron chi connectivity index (χ1n) is 15.0. The molecule has 43 heavy (non-hydrogen) atoms. The Morgan fingerprint density at radius 2 is 1.93 bits per heavy atom. The molecule has 0 saturated carbocycles. The summed E-state index contributed by atoms with van der Waals surface area (Å²) in [4.78, 5) is 43.9. The van der Waals surface area contributed by atoms with E-state index in [1.807, 2.05) is 45.0 Å². The maximum absolute atomic E-state index is 14.4. The summed E-state index contributed by atoms with van der Waals surface area (Å²) >= 11 is 1.60. The molecule has 3 amide bonds. The van der Waals surface area contributed by atoms with Crippen LogP contribution in [-0.2, 0) is 21.1 Å². The minimum Gasteiger partial charge on any atom is -0.494 e. The van der Waals surface area contributed by atoms with Gasteiger partial charge in [0.15, 0.2) is 0 Å². The Morgan fingerprint density at radius 3 is 2.65 bits per heavy atom. The van der Waals surface area contributed by atoms with E-state index >= 15 is 0 Å². The SMILES string of the molecule is CCOc1ccc(NC(=O)[C@@H]2[C@H]3C(=O)N([C@@H](CO)CC(C)C)C(C(=O)NCn4nnc5ccccc54)C34CC[C@H]2S4)cc1. The molecule has 2 unspecified atom stereocenters. The van der Waals surface area contributed by atoms with Crippen molar-refractivity contribution in [3.05, 3.63) is 48.5 Å². The van der Waals surface area contributed by atoms with Gasteiger partial charge in [-0.15, -0.1) is 16.9 Å². The van der Waals surface area contributed by atoms with Crippen molar-refractivity contribution >= 4 is 46.2 Å². The Labute approximate surface area is 254 Å². The molecule has 6 rings (SSSR count). The Bertz CT molecular complexity index is 1510. The van der Waals surface area contributed by atoms with Gasteiger partial charge in [0.1, 0.15) is 24.0 Å². The van der Waals surface area contributed by atoms with Gasteiger partial charge in [-0.2, -0.15) is 0 Å². The third kappa shape index (κ3) is 5.14. The van der Waals surface area contributed by atoms with Gasteiger partial charge in [0, 0.05) is 10.9 Å². The molecular formula is C31H38N6O5S. The van der Waals surface area contributed by atoms with E-state index in [2.05, 4.69) is 20.9 Å². The summed E-state index contributed by atoms with van der Waals surface area (Å²) in [6.45, 7) is 6.34. The van der Waals surface area contributed by atoms with E-state index in [0.29, 0.717) is 30.9 Å². The van der Waals surface area contributed by atoms with Crippen LogP contribution in [0.3, 0.4) is 0 Å². The fraction of sp³-hybridized carbons (Fsp3) is 0.516.